The highest BCUT2D eigenvalue weighted by Gasteiger charge is 2.33. The molecular weight excluding hydrogens is 360 g/mol. The van der Waals surface area contributed by atoms with Gasteiger partial charge in [0.2, 0.25) is 10.8 Å². The fraction of sp³-hybridized carbons (Fsp3) is 0.300. The van der Waals surface area contributed by atoms with Gasteiger partial charge in [-0.05, 0) is 29.7 Å². The van der Waals surface area contributed by atoms with E-state index in [0.29, 0.717) is 4.96 Å². The van der Waals surface area contributed by atoms with Crippen LogP contribution in [0, 0.1) is 0 Å². The van der Waals surface area contributed by atoms with Crippen LogP contribution in [-0.4, -0.2) is 31.1 Å². The molecule has 1 aromatic carbocycles. The number of thiazole rings is 1. The number of hydrogen-bond donors (Lipinski definition) is 1. The van der Waals surface area contributed by atoms with Crippen LogP contribution in [0.4, 0.5) is 0 Å². The highest BCUT2D eigenvalue weighted by molar-refractivity contribution is 7.17. The van der Waals surface area contributed by atoms with E-state index in [1.165, 1.54) is 22.5 Å². The average Bonchev–Trinajstić information content (AvgIpc) is 3.42. The topological polar surface area (TPSA) is 66.8 Å². The van der Waals surface area contributed by atoms with Crippen molar-refractivity contribution in [1.29, 1.82) is 0 Å². The summed E-state index contributed by atoms with van der Waals surface area (Å²) in [5.74, 6) is 1.72. The molecule has 7 heteroatoms. The summed E-state index contributed by atoms with van der Waals surface area (Å²) in [6, 6.07) is 12.2. The summed E-state index contributed by atoms with van der Waals surface area (Å²) in [6.45, 7) is 3.72. The Morgan fingerprint density at radius 2 is 2.07 bits per heavy atom. The zero-order chi connectivity index (χ0) is 18.4. The third kappa shape index (κ3) is 2.74. The summed E-state index contributed by atoms with van der Waals surface area (Å²) in [7, 11) is 0. The molecule has 3 aromatic heterocycles. The largest absolute Gasteiger partial charge is 0.492 e. The number of aromatic nitrogens is 3. The fourth-order valence-corrected chi connectivity index (χ4v) is 4.89. The molecule has 0 aliphatic carbocycles. The van der Waals surface area contributed by atoms with Gasteiger partial charge in [0.25, 0.3) is 0 Å². The summed E-state index contributed by atoms with van der Waals surface area (Å²) in [6.07, 6.45) is 3.41. The van der Waals surface area contributed by atoms with E-state index in [9.17, 15) is 5.11 Å². The first-order valence-electron chi connectivity index (χ1n) is 9.16. The smallest absolute Gasteiger partial charge is 0.230 e. The van der Waals surface area contributed by atoms with Crippen molar-refractivity contribution >= 4 is 16.3 Å². The molecule has 1 atom stereocenters. The Balaban J connectivity index is 1.59. The number of aromatic hydroxyl groups is 1. The molecule has 0 radical (unpaired) electrons. The standard InChI is InChI=1S/C20H20N4O2S/c1-2-16-21-20-24(22-16)19(25)18(27-20)17(15-8-5-11-26-15)23-10-9-13-6-3-4-7-14(13)12-23/h3-8,11,17,25H,2,9-10,12H2,1H3/t17-/m1/s1. The van der Waals surface area contributed by atoms with E-state index in [-0.39, 0.29) is 11.9 Å². The van der Waals surface area contributed by atoms with Gasteiger partial charge in [0.1, 0.15) is 11.8 Å². The van der Waals surface area contributed by atoms with Gasteiger partial charge in [0, 0.05) is 19.5 Å². The molecule has 27 heavy (non-hydrogen) atoms. The molecule has 1 N–H and O–H groups in total. The minimum absolute atomic E-state index is 0.155. The predicted octanol–water partition coefficient (Wildman–Crippen LogP) is 3.80. The predicted molar refractivity (Wildman–Crippen MR) is 103 cm³/mol. The molecule has 1 aliphatic heterocycles. The Hall–Kier alpha value is -2.64. The Morgan fingerprint density at radius 3 is 2.81 bits per heavy atom. The molecule has 0 saturated heterocycles. The summed E-state index contributed by atoms with van der Waals surface area (Å²) in [5, 5.41) is 15.3. The van der Waals surface area contributed by atoms with Crippen molar-refractivity contribution in [2.75, 3.05) is 6.54 Å². The number of fused-ring (bicyclic) bond motifs is 2. The van der Waals surface area contributed by atoms with Crippen LogP contribution in [-0.2, 0) is 19.4 Å². The lowest BCUT2D eigenvalue weighted by Gasteiger charge is -2.34. The van der Waals surface area contributed by atoms with Crippen molar-refractivity contribution in [2.45, 2.75) is 32.4 Å². The van der Waals surface area contributed by atoms with Gasteiger partial charge >= 0.3 is 0 Å². The van der Waals surface area contributed by atoms with Crippen molar-refractivity contribution in [2.24, 2.45) is 0 Å². The molecule has 0 saturated carbocycles. The SMILES string of the molecule is CCc1nc2sc([C@@H](c3ccco3)N3CCc4ccccc4C3)c(O)n2n1. The van der Waals surface area contributed by atoms with Crippen LogP contribution in [0.15, 0.2) is 47.1 Å². The van der Waals surface area contributed by atoms with Crippen LogP contribution in [0.2, 0.25) is 0 Å². The summed E-state index contributed by atoms with van der Waals surface area (Å²) in [4.78, 5) is 8.41. The summed E-state index contributed by atoms with van der Waals surface area (Å²) < 4.78 is 7.32. The quantitative estimate of drug-likeness (QED) is 0.583. The maximum Gasteiger partial charge on any atom is 0.230 e. The maximum absolute atomic E-state index is 10.9. The van der Waals surface area contributed by atoms with E-state index >= 15 is 0 Å². The molecule has 5 rings (SSSR count). The van der Waals surface area contributed by atoms with Crippen molar-refractivity contribution in [3.8, 4) is 5.88 Å². The Bertz CT molecular complexity index is 1080. The van der Waals surface area contributed by atoms with E-state index in [1.807, 2.05) is 19.1 Å². The molecule has 0 amide bonds. The van der Waals surface area contributed by atoms with Crippen LogP contribution >= 0.6 is 11.3 Å². The van der Waals surface area contributed by atoms with Crippen molar-refractivity contribution < 1.29 is 9.52 Å². The first kappa shape index (κ1) is 16.5. The molecular formula is C20H20N4O2S. The van der Waals surface area contributed by atoms with Crippen LogP contribution in [0.3, 0.4) is 0 Å². The number of nitrogens with zero attached hydrogens (tertiary/aromatic N) is 4. The minimum atomic E-state index is -0.160. The van der Waals surface area contributed by atoms with E-state index < -0.39 is 0 Å². The van der Waals surface area contributed by atoms with Crippen LogP contribution in [0.25, 0.3) is 4.96 Å². The highest BCUT2D eigenvalue weighted by Crippen LogP contribution is 2.41. The maximum atomic E-state index is 10.9. The number of furan rings is 1. The normalized spacial score (nSPS) is 15.9. The molecule has 0 unspecified atom stereocenters. The highest BCUT2D eigenvalue weighted by atomic mass is 32.1. The monoisotopic (exact) mass is 380 g/mol. The van der Waals surface area contributed by atoms with Crippen molar-refractivity contribution in [1.82, 2.24) is 19.5 Å². The molecule has 4 heterocycles. The third-order valence-electron chi connectivity index (χ3n) is 5.15. The van der Waals surface area contributed by atoms with E-state index in [2.05, 4.69) is 39.2 Å². The van der Waals surface area contributed by atoms with Crippen LogP contribution < -0.4 is 0 Å². The number of aryl methyl sites for hydroxylation is 1. The van der Waals surface area contributed by atoms with Gasteiger partial charge in [-0.15, -0.1) is 5.10 Å². The summed E-state index contributed by atoms with van der Waals surface area (Å²) in [5.41, 5.74) is 2.72. The second-order valence-corrected chi connectivity index (χ2v) is 7.78. The first-order valence-corrected chi connectivity index (χ1v) is 9.97. The molecule has 0 bridgehead atoms. The van der Waals surface area contributed by atoms with Crippen molar-refractivity contribution in [3.63, 3.8) is 0 Å². The zero-order valence-electron chi connectivity index (χ0n) is 15.0. The summed E-state index contributed by atoms with van der Waals surface area (Å²) >= 11 is 1.48. The van der Waals surface area contributed by atoms with Crippen LogP contribution in [0.1, 0.15) is 40.6 Å². The fourth-order valence-electron chi connectivity index (χ4n) is 3.78. The first-order chi connectivity index (χ1) is 13.2. The van der Waals surface area contributed by atoms with Gasteiger partial charge in [-0.25, -0.2) is 4.98 Å². The lowest BCUT2D eigenvalue weighted by atomic mass is 9.97. The van der Waals surface area contributed by atoms with Crippen LogP contribution in [0.5, 0.6) is 5.88 Å². The average molecular weight is 380 g/mol. The second kappa shape index (κ2) is 6.51. The molecule has 6 nitrogen and oxygen atoms in total. The van der Waals surface area contributed by atoms with Crippen molar-refractivity contribution in [3.05, 3.63) is 70.3 Å². The van der Waals surface area contributed by atoms with E-state index in [0.717, 1.165) is 42.4 Å². The van der Waals surface area contributed by atoms with Gasteiger partial charge < -0.3 is 9.52 Å². The van der Waals surface area contributed by atoms with Gasteiger partial charge in [-0.3, -0.25) is 4.90 Å². The van der Waals surface area contributed by atoms with E-state index in [1.54, 1.807) is 10.8 Å². The lowest BCUT2D eigenvalue weighted by Crippen LogP contribution is -2.34. The molecule has 0 spiro atoms. The molecule has 0 fully saturated rings. The van der Waals surface area contributed by atoms with Gasteiger partial charge in [0.05, 0.1) is 11.1 Å². The van der Waals surface area contributed by atoms with Gasteiger partial charge in [0.15, 0.2) is 5.82 Å². The minimum Gasteiger partial charge on any atom is -0.492 e. The van der Waals surface area contributed by atoms with E-state index in [4.69, 9.17) is 4.42 Å². The number of benzene rings is 1. The number of rotatable bonds is 4. The number of hydrogen-bond acceptors (Lipinski definition) is 6. The zero-order valence-corrected chi connectivity index (χ0v) is 15.8. The molecule has 1 aliphatic rings. The Labute approximate surface area is 160 Å². The van der Waals surface area contributed by atoms with Gasteiger partial charge in [-0.2, -0.15) is 4.52 Å². The second-order valence-electron chi connectivity index (χ2n) is 6.77. The Kier molecular flexibility index (Phi) is 3.98. The Morgan fingerprint density at radius 1 is 1.22 bits per heavy atom. The third-order valence-corrected chi connectivity index (χ3v) is 6.22. The lowest BCUT2D eigenvalue weighted by molar-refractivity contribution is 0.185. The molecule has 4 aromatic rings. The molecule has 138 valence electrons. The van der Waals surface area contributed by atoms with Gasteiger partial charge in [-0.1, -0.05) is 42.5 Å².